The highest BCUT2D eigenvalue weighted by molar-refractivity contribution is 7.91. The van der Waals surface area contributed by atoms with Gasteiger partial charge in [0.25, 0.3) is 0 Å². The fraction of sp³-hybridized carbons (Fsp3) is 0.105. The van der Waals surface area contributed by atoms with Gasteiger partial charge in [-0.05, 0) is 36.4 Å². The van der Waals surface area contributed by atoms with Gasteiger partial charge in [0.2, 0.25) is 0 Å². The van der Waals surface area contributed by atoms with E-state index < -0.39 is 19.7 Å². The van der Waals surface area contributed by atoms with Crippen molar-refractivity contribution in [1.29, 1.82) is 0 Å². The van der Waals surface area contributed by atoms with E-state index in [0.717, 1.165) is 12.5 Å². The molecule has 0 bridgehead atoms. The minimum Gasteiger partial charge on any atom is -0.338 e. The Hall–Kier alpha value is -3.09. The van der Waals surface area contributed by atoms with E-state index in [4.69, 9.17) is 0 Å². The number of thiazole rings is 1. The number of nitrogens with one attached hydrogen (secondary N) is 2. The third kappa shape index (κ3) is 4.65. The van der Waals surface area contributed by atoms with Crippen LogP contribution in [0.25, 0.3) is 10.3 Å². The molecular formula is C19H17N5O4S3. The van der Waals surface area contributed by atoms with Crippen LogP contribution in [0.4, 0.5) is 22.3 Å². The summed E-state index contributed by atoms with van der Waals surface area (Å²) in [5.41, 5.74) is 1.55. The van der Waals surface area contributed by atoms with E-state index in [1.165, 1.54) is 35.9 Å². The second kappa shape index (κ2) is 7.87. The normalized spacial score (nSPS) is 12.1. The standard InChI is InChI=1S/C19H17N5O4S3/c1-30(25,26)13-9-7-12(8-10-13)22-17-16-18(21-11-20-17)29-19(24-16)23-14-5-3-4-6-15(14)31(2,27)28/h3-11H,1-2H3,(H,23,24)(H,20,21,22). The summed E-state index contributed by atoms with van der Waals surface area (Å²) in [6, 6.07) is 12.9. The van der Waals surface area contributed by atoms with Crippen LogP contribution in [0.5, 0.6) is 0 Å². The first-order chi connectivity index (χ1) is 14.6. The molecule has 12 heteroatoms. The summed E-state index contributed by atoms with van der Waals surface area (Å²) in [5.74, 6) is 0.442. The van der Waals surface area contributed by atoms with Crippen molar-refractivity contribution in [3.8, 4) is 0 Å². The van der Waals surface area contributed by atoms with Gasteiger partial charge in [0.05, 0.1) is 15.5 Å². The quantitative estimate of drug-likeness (QED) is 0.431. The average Bonchev–Trinajstić information content (AvgIpc) is 3.11. The number of anilines is 4. The predicted octanol–water partition coefficient (Wildman–Crippen LogP) is 3.38. The molecule has 0 aliphatic rings. The van der Waals surface area contributed by atoms with Crippen LogP contribution in [0, 0.1) is 0 Å². The minimum absolute atomic E-state index is 0.171. The molecule has 0 saturated carbocycles. The first-order valence-electron chi connectivity index (χ1n) is 8.86. The molecular weight excluding hydrogens is 458 g/mol. The van der Waals surface area contributed by atoms with Gasteiger partial charge in [0.15, 0.2) is 35.5 Å². The number of hydrogen-bond donors (Lipinski definition) is 2. The number of nitrogens with zero attached hydrogens (tertiary/aromatic N) is 3. The molecule has 4 rings (SSSR count). The van der Waals surface area contributed by atoms with Crippen LogP contribution < -0.4 is 10.6 Å². The van der Waals surface area contributed by atoms with E-state index in [1.807, 2.05) is 0 Å². The molecule has 0 spiro atoms. The minimum atomic E-state index is -3.42. The summed E-state index contributed by atoms with van der Waals surface area (Å²) in [4.78, 5) is 14.0. The SMILES string of the molecule is CS(=O)(=O)c1ccc(Nc2ncnc3sc(Nc4ccccc4S(C)(=O)=O)nc23)cc1. The molecule has 2 aromatic carbocycles. The van der Waals surface area contributed by atoms with Crippen LogP contribution in [0.2, 0.25) is 0 Å². The van der Waals surface area contributed by atoms with Crippen molar-refractivity contribution in [2.75, 3.05) is 23.1 Å². The Morgan fingerprint density at radius 1 is 0.839 bits per heavy atom. The Balaban J connectivity index is 1.65. The van der Waals surface area contributed by atoms with Crippen molar-refractivity contribution >= 4 is 63.7 Å². The largest absolute Gasteiger partial charge is 0.338 e. The second-order valence-electron chi connectivity index (χ2n) is 6.71. The smallest absolute Gasteiger partial charge is 0.189 e. The molecule has 0 fully saturated rings. The van der Waals surface area contributed by atoms with E-state index in [1.54, 1.807) is 30.3 Å². The molecule has 0 saturated heterocycles. The van der Waals surface area contributed by atoms with Crippen LogP contribution >= 0.6 is 11.3 Å². The lowest BCUT2D eigenvalue weighted by Gasteiger charge is -2.08. The third-order valence-corrected chi connectivity index (χ3v) is 7.43. The van der Waals surface area contributed by atoms with Crippen molar-refractivity contribution in [3.05, 3.63) is 54.9 Å². The lowest BCUT2D eigenvalue weighted by atomic mass is 10.3. The molecule has 2 N–H and O–H groups in total. The summed E-state index contributed by atoms with van der Waals surface area (Å²) < 4.78 is 47.3. The monoisotopic (exact) mass is 475 g/mol. The molecule has 2 aromatic heterocycles. The van der Waals surface area contributed by atoms with Crippen molar-refractivity contribution in [3.63, 3.8) is 0 Å². The maximum Gasteiger partial charge on any atom is 0.189 e. The lowest BCUT2D eigenvalue weighted by molar-refractivity contribution is 0.600. The molecule has 0 radical (unpaired) electrons. The topological polar surface area (TPSA) is 131 Å². The van der Waals surface area contributed by atoms with Gasteiger partial charge in [-0.1, -0.05) is 23.5 Å². The first kappa shape index (κ1) is 21.2. The number of hydrogen-bond acceptors (Lipinski definition) is 10. The summed E-state index contributed by atoms with van der Waals surface area (Å²) in [6.07, 6.45) is 3.69. The Kier molecular flexibility index (Phi) is 5.37. The van der Waals surface area contributed by atoms with Gasteiger partial charge >= 0.3 is 0 Å². The van der Waals surface area contributed by atoms with E-state index in [9.17, 15) is 16.8 Å². The highest BCUT2D eigenvalue weighted by Crippen LogP contribution is 2.33. The Morgan fingerprint density at radius 3 is 2.23 bits per heavy atom. The first-order valence-corrected chi connectivity index (χ1v) is 13.5. The molecule has 9 nitrogen and oxygen atoms in total. The summed E-state index contributed by atoms with van der Waals surface area (Å²) in [5, 5.41) is 6.62. The number of sulfone groups is 2. The fourth-order valence-electron chi connectivity index (χ4n) is 2.83. The zero-order chi connectivity index (χ0) is 22.2. The maximum absolute atomic E-state index is 12.0. The molecule has 0 unspecified atom stereocenters. The molecule has 0 amide bonds. The molecule has 31 heavy (non-hydrogen) atoms. The van der Waals surface area contributed by atoms with Gasteiger partial charge in [-0.3, -0.25) is 0 Å². The third-order valence-electron chi connectivity index (χ3n) is 4.27. The van der Waals surface area contributed by atoms with Gasteiger partial charge < -0.3 is 10.6 Å². The second-order valence-corrected chi connectivity index (χ2v) is 11.7. The van der Waals surface area contributed by atoms with Crippen LogP contribution in [-0.2, 0) is 19.7 Å². The van der Waals surface area contributed by atoms with E-state index >= 15 is 0 Å². The fourth-order valence-corrected chi connectivity index (χ4v) is 5.12. The van der Waals surface area contributed by atoms with Gasteiger partial charge in [-0.2, -0.15) is 0 Å². The van der Waals surface area contributed by atoms with Crippen molar-refractivity contribution in [2.24, 2.45) is 0 Å². The average molecular weight is 476 g/mol. The van der Waals surface area contributed by atoms with Gasteiger partial charge in [-0.25, -0.2) is 31.8 Å². The molecule has 0 aliphatic heterocycles. The number of fused-ring (bicyclic) bond motifs is 1. The highest BCUT2D eigenvalue weighted by atomic mass is 32.2. The zero-order valence-electron chi connectivity index (χ0n) is 16.4. The number of rotatable bonds is 6. The Bertz CT molecular complexity index is 1480. The van der Waals surface area contributed by atoms with Crippen LogP contribution in [0.15, 0.2) is 64.6 Å². The number of benzene rings is 2. The Morgan fingerprint density at radius 2 is 1.55 bits per heavy atom. The predicted molar refractivity (Wildman–Crippen MR) is 121 cm³/mol. The number of aromatic nitrogens is 3. The maximum atomic E-state index is 12.0. The van der Waals surface area contributed by atoms with Gasteiger partial charge in [0.1, 0.15) is 11.8 Å². The van der Waals surface area contributed by atoms with Crippen molar-refractivity contribution < 1.29 is 16.8 Å². The van der Waals surface area contributed by atoms with Gasteiger partial charge in [-0.15, -0.1) is 0 Å². The number of para-hydroxylation sites is 1. The van der Waals surface area contributed by atoms with Crippen LogP contribution in [-0.4, -0.2) is 44.3 Å². The van der Waals surface area contributed by atoms with Crippen LogP contribution in [0.1, 0.15) is 0 Å². The van der Waals surface area contributed by atoms with Gasteiger partial charge in [0, 0.05) is 18.2 Å². The summed E-state index contributed by atoms with van der Waals surface area (Å²) in [6.45, 7) is 0. The highest BCUT2D eigenvalue weighted by Gasteiger charge is 2.16. The van der Waals surface area contributed by atoms with Crippen molar-refractivity contribution in [1.82, 2.24) is 15.0 Å². The summed E-state index contributed by atoms with van der Waals surface area (Å²) in [7, 11) is -6.70. The van der Waals surface area contributed by atoms with Crippen LogP contribution in [0.3, 0.4) is 0 Å². The zero-order valence-corrected chi connectivity index (χ0v) is 18.8. The summed E-state index contributed by atoms with van der Waals surface area (Å²) >= 11 is 1.25. The van der Waals surface area contributed by atoms with Crippen molar-refractivity contribution in [2.45, 2.75) is 9.79 Å². The Labute approximate surface area is 183 Å². The van der Waals surface area contributed by atoms with E-state index in [-0.39, 0.29) is 9.79 Å². The van der Waals surface area contributed by atoms with E-state index in [0.29, 0.717) is 32.7 Å². The molecule has 0 atom stereocenters. The molecule has 2 heterocycles. The molecule has 4 aromatic rings. The molecule has 160 valence electrons. The van der Waals surface area contributed by atoms with E-state index in [2.05, 4.69) is 25.6 Å². The lowest BCUT2D eigenvalue weighted by Crippen LogP contribution is -2.02. The molecule has 0 aliphatic carbocycles.